The molecule has 1 aromatic heterocycles. The van der Waals surface area contributed by atoms with Crippen LogP contribution >= 0.6 is 22.9 Å². The number of carbonyl (C=O) groups excluding carboxylic acids is 1. The molecule has 0 radical (unpaired) electrons. The lowest BCUT2D eigenvalue weighted by Crippen LogP contribution is -2.39. The maximum atomic E-state index is 13.6. The second-order valence-electron chi connectivity index (χ2n) is 7.44. The first-order chi connectivity index (χ1) is 15.2. The summed E-state index contributed by atoms with van der Waals surface area (Å²) in [5, 5.41) is 6.38. The molecule has 0 saturated heterocycles. The molecule has 0 unspecified atom stereocenters. The zero-order valence-electron chi connectivity index (χ0n) is 18.0. The van der Waals surface area contributed by atoms with Gasteiger partial charge < -0.3 is 0 Å². The molecule has 9 heteroatoms. The Balaban J connectivity index is 1.89. The molecule has 1 N–H and O–H groups in total. The van der Waals surface area contributed by atoms with Gasteiger partial charge in [-0.3, -0.25) is 4.79 Å². The number of hydrazone groups is 1. The van der Waals surface area contributed by atoms with Crippen LogP contribution in [0.25, 0.3) is 0 Å². The fourth-order valence-corrected chi connectivity index (χ4v) is 5.96. The Labute approximate surface area is 197 Å². The maximum Gasteiger partial charge on any atom is 0.255 e. The quantitative estimate of drug-likeness (QED) is 0.369. The second-order valence-corrected chi connectivity index (χ2v) is 10.7. The van der Waals surface area contributed by atoms with Crippen LogP contribution in [0.4, 0.5) is 0 Å². The van der Waals surface area contributed by atoms with Gasteiger partial charge in [0.15, 0.2) is 0 Å². The number of halogens is 1. The summed E-state index contributed by atoms with van der Waals surface area (Å²) < 4.78 is 28.4. The standard InChI is InChI=1S/C23H24ClN3O3S2/c1-16-11-17(2)23(18(3)12-16)32(29,30)27(14-19-6-8-20(24)9-7-19)15-22(28)26-25-13-21-5-4-10-31-21/h4-13H,14-15H2,1-3H3,(H,26,28). The third-order valence-electron chi connectivity index (χ3n) is 4.72. The molecule has 3 rings (SSSR count). The molecule has 32 heavy (non-hydrogen) atoms. The van der Waals surface area contributed by atoms with Gasteiger partial charge in [-0.05, 0) is 61.0 Å². The second kappa shape index (κ2) is 10.4. The van der Waals surface area contributed by atoms with Gasteiger partial charge >= 0.3 is 0 Å². The molecule has 0 spiro atoms. The smallest absolute Gasteiger partial charge is 0.255 e. The molecule has 0 bridgehead atoms. The molecule has 0 aliphatic heterocycles. The van der Waals surface area contributed by atoms with Gasteiger partial charge in [-0.1, -0.05) is 47.5 Å². The van der Waals surface area contributed by atoms with Gasteiger partial charge in [0.25, 0.3) is 5.91 Å². The van der Waals surface area contributed by atoms with Crippen molar-refractivity contribution < 1.29 is 13.2 Å². The SMILES string of the molecule is Cc1cc(C)c(S(=O)(=O)N(CC(=O)NN=Cc2cccs2)Cc2ccc(Cl)cc2)c(C)c1. The minimum absolute atomic E-state index is 0.0221. The Morgan fingerprint density at radius 1 is 1.12 bits per heavy atom. The van der Waals surface area contributed by atoms with Gasteiger partial charge in [0.1, 0.15) is 0 Å². The highest BCUT2D eigenvalue weighted by Gasteiger charge is 2.30. The van der Waals surface area contributed by atoms with E-state index in [4.69, 9.17) is 11.6 Å². The lowest BCUT2D eigenvalue weighted by molar-refractivity contribution is -0.121. The third-order valence-corrected chi connectivity index (χ3v) is 7.88. The summed E-state index contributed by atoms with van der Waals surface area (Å²) in [7, 11) is -3.96. The monoisotopic (exact) mass is 489 g/mol. The lowest BCUT2D eigenvalue weighted by atomic mass is 10.1. The van der Waals surface area contributed by atoms with Gasteiger partial charge in [0.05, 0.1) is 17.7 Å². The van der Waals surface area contributed by atoms with Crippen molar-refractivity contribution >= 4 is 45.1 Å². The topological polar surface area (TPSA) is 78.8 Å². The fraction of sp³-hybridized carbons (Fsp3) is 0.217. The molecule has 0 saturated carbocycles. The molecule has 0 fully saturated rings. The maximum absolute atomic E-state index is 13.6. The van der Waals surface area contributed by atoms with E-state index >= 15 is 0 Å². The van der Waals surface area contributed by atoms with Crippen LogP contribution in [0.3, 0.4) is 0 Å². The molecule has 168 valence electrons. The highest BCUT2D eigenvalue weighted by molar-refractivity contribution is 7.89. The Morgan fingerprint density at radius 3 is 2.38 bits per heavy atom. The average Bonchev–Trinajstić information content (AvgIpc) is 3.21. The van der Waals surface area contributed by atoms with Gasteiger partial charge in [-0.25, -0.2) is 13.8 Å². The number of nitrogens with one attached hydrogen (secondary N) is 1. The number of sulfonamides is 1. The Hall–Kier alpha value is -2.52. The molecule has 3 aromatic rings. The molecule has 0 aliphatic rings. The van der Waals surface area contributed by atoms with Crippen LogP contribution in [0, 0.1) is 20.8 Å². The van der Waals surface area contributed by atoms with Crippen molar-refractivity contribution in [1.29, 1.82) is 0 Å². The van der Waals surface area contributed by atoms with Gasteiger partial charge in [-0.2, -0.15) is 9.41 Å². The first kappa shape index (κ1) is 24.1. The van der Waals surface area contributed by atoms with E-state index in [1.54, 1.807) is 38.1 Å². The van der Waals surface area contributed by atoms with Crippen LogP contribution in [0.5, 0.6) is 0 Å². The molecule has 6 nitrogen and oxygen atoms in total. The number of hydrogen-bond donors (Lipinski definition) is 1. The predicted molar refractivity (Wildman–Crippen MR) is 130 cm³/mol. The fourth-order valence-electron chi connectivity index (χ4n) is 3.45. The van der Waals surface area contributed by atoms with Crippen molar-refractivity contribution in [2.75, 3.05) is 6.54 Å². The highest BCUT2D eigenvalue weighted by Crippen LogP contribution is 2.26. The van der Waals surface area contributed by atoms with E-state index in [0.29, 0.717) is 16.1 Å². The average molecular weight is 490 g/mol. The molecule has 1 amide bonds. The lowest BCUT2D eigenvalue weighted by Gasteiger charge is -2.24. The van der Waals surface area contributed by atoms with E-state index in [1.807, 2.05) is 36.6 Å². The molecule has 0 aliphatic carbocycles. The van der Waals surface area contributed by atoms with Crippen molar-refractivity contribution in [1.82, 2.24) is 9.73 Å². The van der Waals surface area contributed by atoms with Crippen LogP contribution in [-0.4, -0.2) is 31.4 Å². The summed E-state index contributed by atoms with van der Waals surface area (Å²) in [5.41, 5.74) is 5.39. The number of rotatable bonds is 8. The van der Waals surface area contributed by atoms with Gasteiger partial charge in [0, 0.05) is 16.4 Å². The number of benzene rings is 2. The summed E-state index contributed by atoms with van der Waals surface area (Å²) in [5.74, 6) is -0.530. The summed E-state index contributed by atoms with van der Waals surface area (Å²) in [6.45, 7) is 5.09. The molecule has 0 atom stereocenters. The number of nitrogens with zero attached hydrogens (tertiary/aromatic N) is 2. The van der Waals surface area contributed by atoms with Crippen LogP contribution in [0.2, 0.25) is 5.02 Å². The van der Waals surface area contributed by atoms with Gasteiger partial charge in [0.2, 0.25) is 10.0 Å². The van der Waals surface area contributed by atoms with Crippen molar-refractivity contribution in [3.8, 4) is 0 Å². The minimum atomic E-state index is -3.96. The summed E-state index contributed by atoms with van der Waals surface area (Å²) in [4.78, 5) is 13.7. The van der Waals surface area contributed by atoms with E-state index in [0.717, 1.165) is 20.3 Å². The molecular formula is C23H24ClN3O3S2. The number of hydrogen-bond acceptors (Lipinski definition) is 5. The number of thiophene rings is 1. The zero-order valence-corrected chi connectivity index (χ0v) is 20.4. The van der Waals surface area contributed by atoms with Gasteiger partial charge in [-0.15, -0.1) is 11.3 Å². The first-order valence-electron chi connectivity index (χ1n) is 9.84. The third kappa shape index (κ3) is 6.04. The minimum Gasteiger partial charge on any atom is -0.272 e. The molecule has 2 aromatic carbocycles. The van der Waals surface area contributed by atoms with E-state index in [-0.39, 0.29) is 18.0 Å². The van der Waals surface area contributed by atoms with E-state index < -0.39 is 15.9 Å². The summed E-state index contributed by atoms with van der Waals surface area (Å²) in [6, 6.07) is 14.3. The highest BCUT2D eigenvalue weighted by atomic mass is 35.5. The van der Waals surface area contributed by atoms with E-state index in [9.17, 15) is 13.2 Å². The number of carbonyl (C=O) groups is 1. The van der Waals surface area contributed by atoms with Crippen molar-refractivity contribution in [2.45, 2.75) is 32.2 Å². The number of amides is 1. The van der Waals surface area contributed by atoms with Crippen molar-refractivity contribution in [3.63, 3.8) is 0 Å². The summed E-state index contributed by atoms with van der Waals surface area (Å²) >= 11 is 7.44. The number of aryl methyl sites for hydroxylation is 3. The Bertz CT molecular complexity index is 1200. The van der Waals surface area contributed by atoms with E-state index in [1.165, 1.54) is 17.6 Å². The first-order valence-corrected chi connectivity index (χ1v) is 12.5. The largest absolute Gasteiger partial charge is 0.272 e. The van der Waals surface area contributed by atoms with Crippen LogP contribution in [0.15, 0.2) is 63.9 Å². The Morgan fingerprint density at radius 2 is 1.78 bits per heavy atom. The van der Waals surface area contributed by atoms with Crippen LogP contribution in [0.1, 0.15) is 27.1 Å². The zero-order chi connectivity index (χ0) is 23.3. The predicted octanol–water partition coefficient (Wildman–Crippen LogP) is 4.67. The van der Waals surface area contributed by atoms with Crippen molar-refractivity contribution in [3.05, 3.63) is 86.1 Å². The normalized spacial score (nSPS) is 11.9. The molecule has 1 heterocycles. The van der Waals surface area contributed by atoms with E-state index in [2.05, 4.69) is 10.5 Å². The van der Waals surface area contributed by atoms with Crippen LogP contribution < -0.4 is 5.43 Å². The van der Waals surface area contributed by atoms with Crippen molar-refractivity contribution in [2.24, 2.45) is 5.10 Å². The summed E-state index contributed by atoms with van der Waals surface area (Å²) in [6.07, 6.45) is 1.52. The Kier molecular flexibility index (Phi) is 7.84. The molecular weight excluding hydrogens is 466 g/mol. The van der Waals surface area contributed by atoms with Crippen LogP contribution in [-0.2, 0) is 21.4 Å².